The lowest BCUT2D eigenvalue weighted by atomic mass is 10.2. The van der Waals surface area contributed by atoms with Gasteiger partial charge in [-0.15, -0.1) is 34.8 Å². The fourth-order valence-electron chi connectivity index (χ4n) is 0.525. The van der Waals surface area contributed by atoms with Crippen molar-refractivity contribution in [1.82, 2.24) is 0 Å². The summed E-state index contributed by atoms with van der Waals surface area (Å²) in [6.07, 6.45) is 3.16. The monoisotopic (exact) mass is 188 g/mol. The Morgan fingerprint density at radius 2 is 1.78 bits per heavy atom. The number of unbranched alkanes of at least 4 members (excludes halogenated alkanes) is 1. The summed E-state index contributed by atoms with van der Waals surface area (Å²) in [5.41, 5.74) is 0. The minimum absolute atomic E-state index is 0.0757. The molecule has 0 aliphatic heterocycles. The molecular weight excluding hydrogens is 178 g/mol. The lowest BCUT2D eigenvalue weighted by molar-refractivity contribution is 0.698. The molecule has 1 atom stereocenters. The fraction of sp³-hybridized carbons (Fsp3) is 1.00. The molecule has 0 nitrogen and oxygen atoms in total. The summed E-state index contributed by atoms with van der Waals surface area (Å²) in [6.45, 7) is 2.11. The average Bonchev–Trinajstić information content (AvgIpc) is 1.82. The largest absolute Gasteiger partial charge is 0.124 e. The van der Waals surface area contributed by atoms with Gasteiger partial charge in [0.25, 0.3) is 0 Å². The summed E-state index contributed by atoms with van der Waals surface area (Å²) in [4.78, 5) is -0.418. The molecular formula is C6H11Cl3. The number of rotatable bonds is 4. The standard InChI is InChI=1S/C6H11Cl3/c1-2-3-4-5(7)6(8)9/h5-6H,2-4H2,1H3. The van der Waals surface area contributed by atoms with Crippen LogP contribution in [0.5, 0.6) is 0 Å². The van der Waals surface area contributed by atoms with E-state index in [0.717, 1.165) is 19.3 Å². The number of halogens is 3. The third kappa shape index (κ3) is 5.32. The summed E-state index contributed by atoms with van der Waals surface area (Å²) in [5.74, 6) is 0. The second-order valence-corrected chi connectivity index (χ2v) is 3.72. The number of hydrogen-bond acceptors (Lipinski definition) is 0. The van der Waals surface area contributed by atoms with Crippen LogP contribution in [0.4, 0.5) is 0 Å². The molecule has 0 saturated carbocycles. The first-order valence-electron chi connectivity index (χ1n) is 3.10. The SMILES string of the molecule is CCCCC(Cl)C(Cl)Cl. The van der Waals surface area contributed by atoms with Gasteiger partial charge in [0.2, 0.25) is 0 Å². The van der Waals surface area contributed by atoms with Crippen LogP contribution in [0.1, 0.15) is 26.2 Å². The molecule has 0 aromatic carbocycles. The maximum Gasteiger partial charge on any atom is 0.124 e. The summed E-state index contributed by atoms with van der Waals surface area (Å²) >= 11 is 16.7. The van der Waals surface area contributed by atoms with E-state index < -0.39 is 4.84 Å². The van der Waals surface area contributed by atoms with Gasteiger partial charge >= 0.3 is 0 Å². The van der Waals surface area contributed by atoms with Crippen molar-refractivity contribution in [3.63, 3.8) is 0 Å². The van der Waals surface area contributed by atoms with Gasteiger partial charge in [0.1, 0.15) is 4.84 Å². The van der Waals surface area contributed by atoms with E-state index in [1.54, 1.807) is 0 Å². The highest BCUT2D eigenvalue weighted by Crippen LogP contribution is 2.19. The van der Waals surface area contributed by atoms with E-state index in [9.17, 15) is 0 Å². The van der Waals surface area contributed by atoms with E-state index in [1.165, 1.54) is 0 Å². The molecule has 0 heterocycles. The minimum atomic E-state index is -0.418. The Bertz CT molecular complexity index is 63.3. The van der Waals surface area contributed by atoms with Gasteiger partial charge in [-0.1, -0.05) is 19.8 Å². The van der Waals surface area contributed by atoms with E-state index in [-0.39, 0.29) is 5.38 Å². The van der Waals surface area contributed by atoms with Crippen molar-refractivity contribution in [2.45, 2.75) is 36.4 Å². The van der Waals surface area contributed by atoms with Crippen molar-refractivity contribution in [2.24, 2.45) is 0 Å². The van der Waals surface area contributed by atoms with Crippen LogP contribution in [0.25, 0.3) is 0 Å². The van der Waals surface area contributed by atoms with Crippen LogP contribution < -0.4 is 0 Å². The van der Waals surface area contributed by atoms with Crippen LogP contribution in [0.3, 0.4) is 0 Å². The molecule has 1 unspecified atom stereocenters. The smallest absolute Gasteiger partial charge is 0.120 e. The van der Waals surface area contributed by atoms with Gasteiger partial charge in [-0.2, -0.15) is 0 Å². The number of hydrogen-bond donors (Lipinski definition) is 0. The topological polar surface area (TPSA) is 0 Å². The molecule has 9 heavy (non-hydrogen) atoms. The third-order valence-electron chi connectivity index (χ3n) is 1.11. The van der Waals surface area contributed by atoms with Gasteiger partial charge < -0.3 is 0 Å². The van der Waals surface area contributed by atoms with Crippen LogP contribution in [-0.4, -0.2) is 10.2 Å². The van der Waals surface area contributed by atoms with Crippen molar-refractivity contribution in [1.29, 1.82) is 0 Å². The lowest BCUT2D eigenvalue weighted by Gasteiger charge is -2.07. The Morgan fingerprint density at radius 1 is 1.22 bits per heavy atom. The Hall–Kier alpha value is 0.870. The minimum Gasteiger partial charge on any atom is -0.120 e. The molecule has 0 aliphatic rings. The molecule has 0 radical (unpaired) electrons. The van der Waals surface area contributed by atoms with Crippen molar-refractivity contribution in [3.8, 4) is 0 Å². The molecule has 0 aromatic heterocycles. The molecule has 0 aromatic rings. The van der Waals surface area contributed by atoms with Crippen LogP contribution in [0.2, 0.25) is 0 Å². The zero-order valence-corrected chi connectivity index (χ0v) is 7.68. The lowest BCUT2D eigenvalue weighted by Crippen LogP contribution is -2.07. The first-order chi connectivity index (χ1) is 4.18. The fourth-order valence-corrected chi connectivity index (χ4v) is 0.931. The van der Waals surface area contributed by atoms with E-state index in [1.807, 2.05) is 0 Å². The average molecular weight is 190 g/mol. The van der Waals surface area contributed by atoms with Gasteiger partial charge in [0.05, 0.1) is 5.38 Å². The second kappa shape index (κ2) is 5.64. The van der Waals surface area contributed by atoms with Gasteiger partial charge in [0.15, 0.2) is 0 Å². The van der Waals surface area contributed by atoms with Gasteiger partial charge in [0, 0.05) is 0 Å². The molecule has 0 spiro atoms. The van der Waals surface area contributed by atoms with Crippen molar-refractivity contribution < 1.29 is 0 Å². The summed E-state index contributed by atoms with van der Waals surface area (Å²) in [5, 5.41) is -0.0757. The van der Waals surface area contributed by atoms with Crippen molar-refractivity contribution in [3.05, 3.63) is 0 Å². The Morgan fingerprint density at radius 3 is 2.11 bits per heavy atom. The van der Waals surface area contributed by atoms with Crippen molar-refractivity contribution >= 4 is 34.8 Å². The van der Waals surface area contributed by atoms with E-state index in [0.29, 0.717) is 0 Å². The Balaban J connectivity index is 3.16. The maximum absolute atomic E-state index is 5.73. The molecule has 56 valence electrons. The highest BCUT2D eigenvalue weighted by Gasteiger charge is 2.11. The third-order valence-corrected chi connectivity index (χ3v) is 2.44. The number of alkyl halides is 3. The highest BCUT2D eigenvalue weighted by atomic mass is 35.5. The van der Waals surface area contributed by atoms with Gasteiger partial charge in [-0.25, -0.2) is 0 Å². The van der Waals surface area contributed by atoms with E-state index in [4.69, 9.17) is 34.8 Å². The normalized spacial score (nSPS) is 14.3. The molecule has 0 N–H and O–H groups in total. The summed E-state index contributed by atoms with van der Waals surface area (Å²) < 4.78 is 0. The molecule has 0 aliphatic carbocycles. The first-order valence-corrected chi connectivity index (χ1v) is 4.41. The molecule has 3 heteroatoms. The zero-order chi connectivity index (χ0) is 7.28. The van der Waals surface area contributed by atoms with E-state index >= 15 is 0 Å². The van der Waals surface area contributed by atoms with E-state index in [2.05, 4.69) is 6.92 Å². The Labute approximate surface area is 71.5 Å². The molecule has 0 rings (SSSR count). The molecule has 0 fully saturated rings. The molecule has 0 amide bonds. The van der Waals surface area contributed by atoms with Crippen LogP contribution >= 0.6 is 34.8 Å². The predicted octanol–water partition coefficient (Wildman–Crippen LogP) is 3.59. The van der Waals surface area contributed by atoms with Crippen LogP contribution in [0, 0.1) is 0 Å². The van der Waals surface area contributed by atoms with Crippen molar-refractivity contribution in [2.75, 3.05) is 0 Å². The maximum atomic E-state index is 5.73. The predicted molar refractivity (Wildman–Crippen MR) is 44.7 cm³/mol. The zero-order valence-electron chi connectivity index (χ0n) is 5.41. The second-order valence-electron chi connectivity index (χ2n) is 1.99. The molecule has 0 bridgehead atoms. The van der Waals surface area contributed by atoms with Gasteiger partial charge in [-0.3, -0.25) is 0 Å². The van der Waals surface area contributed by atoms with Crippen LogP contribution in [-0.2, 0) is 0 Å². The first kappa shape index (κ1) is 9.87. The summed E-state index contributed by atoms with van der Waals surface area (Å²) in [7, 11) is 0. The Kier molecular flexibility index (Phi) is 6.18. The molecule has 0 saturated heterocycles. The quantitative estimate of drug-likeness (QED) is 0.593. The van der Waals surface area contributed by atoms with Crippen LogP contribution in [0.15, 0.2) is 0 Å². The summed E-state index contributed by atoms with van der Waals surface area (Å²) in [6, 6.07) is 0. The van der Waals surface area contributed by atoms with Gasteiger partial charge in [-0.05, 0) is 6.42 Å². The highest BCUT2D eigenvalue weighted by molar-refractivity contribution is 6.48.